The summed E-state index contributed by atoms with van der Waals surface area (Å²) in [6.07, 6.45) is 0. The van der Waals surface area contributed by atoms with E-state index in [2.05, 4.69) is 0 Å². The Morgan fingerprint density at radius 1 is 2.00 bits per heavy atom. The molecule has 0 unspecified atom stereocenters. The summed E-state index contributed by atoms with van der Waals surface area (Å²) in [7, 11) is 0. The molecule has 2 N–H and O–H groups in total. The molecule has 0 amide bonds. The van der Waals surface area contributed by atoms with Crippen molar-refractivity contribution in [3.8, 4) is 0 Å². The van der Waals surface area contributed by atoms with Crippen LogP contribution < -0.4 is 4.78 Å². The van der Waals surface area contributed by atoms with Crippen LogP contribution in [0.5, 0.6) is 0 Å². The molecule has 2 nitrogen and oxygen atoms in total. The normalized spacial score (nSPS) is 11.2. The van der Waals surface area contributed by atoms with Gasteiger partial charge in [0.1, 0.15) is 0 Å². The molecule has 0 aromatic heterocycles. The van der Waals surface area contributed by atoms with Crippen LogP contribution in [0.25, 0.3) is 0 Å². The van der Waals surface area contributed by atoms with Crippen molar-refractivity contribution in [1.82, 2.24) is 0 Å². The minimum atomic E-state index is -1.33. The van der Waals surface area contributed by atoms with E-state index in [4.69, 9.17) is 4.78 Å². The van der Waals surface area contributed by atoms with Crippen molar-refractivity contribution in [3.63, 3.8) is 0 Å². The van der Waals surface area contributed by atoms with E-state index in [0.717, 1.165) is 0 Å². The number of rotatable bonds is 1. The van der Waals surface area contributed by atoms with Crippen LogP contribution in [0, 0.1) is 0 Å². The third-order valence-electron chi connectivity index (χ3n) is 0.232. The van der Waals surface area contributed by atoms with Gasteiger partial charge in [0.05, 0.1) is 0 Å². The van der Waals surface area contributed by atoms with Crippen LogP contribution in [-0.4, -0.2) is 0 Å². The van der Waals surface area contributed by atoms with Crippen molar-refractivity contribution < 1.29 is 17.7 Å². The number of nitrogens with two attached hydrogens (primary N) is 1. The molecule has 0 aliphatic rings. The van der Waals surface area contributed by atoms with Gasteiger partial charge in [-0.2, -0.15) is 0 Å². The van der Waals surface area contributed by atoms with Crippen LogP contribution in [0.4, 0.5) is 0 Å². The van der Waals surface area contributed by atoms with Crippen molar-refractivity contribution in [2.75, 3.05) is 0 Å². The Bertz CT molecular complexity index is 44.9. The van der Waals surface area contributed by atoms with Gasteiger partial charge in [-0.3, -0.25) is 0 Å². The van der Waals surface area contributed by atoms with Gasteiger partial charge in [0, 0.05) is 0 Å². The van der Waals surface area contributed by atoms with Crippen LogP contribution in [0.15, 0.2) is 0 Å². The maximum absolute atomic E-state index is 9.74. The third kappa shape index (κ3) is 4.27. The van der Waals surface area contributed by atoms with Crippen LogP contribution in [0.2, 0.25) is 5.36 Å². The van der Waals surface area contributed by atoms with Crippen molar-refractivity contribution >= 4 is 0 Å². The fraction of sp³-hybridized carbons (Fsp3) is 1.00. The van der Waals surface area contributed by atoms with E-state index < -0.39 is 13.8 Å². The van der Waals surface area contributed by atoms with Gasteiger partial charge in [0.25, 0.3) is 0 Å². The molecule has 35 valence electrons. The molecule has 0 rings (SSSR count). The molecule has 0 spiro atoms. The Morgan fingerprint density at radius 3 is 2.20 bits per heavy atom. The molecule has 0 aliphatic carbocycles. The second-order valence-electron chi connectivity index (χ2n) is 0.547. The van der Waals surface area contributed by atoms with E-state index in [1.165, 1.54) is 0 Å². The summed E-state index contributed by atoms with van der Waals surface area (Å²) in [5.74, 6) is 0. The molecule has 3 heteroatoms. The van der Waals surface area contributed by atoms with Crippen LogP contribution >= 0.6 is 0 Å². The second kappa shape index (κ2) is 2.50. The van der Waals surface area contributed by atoms with E-state index in [1.54, 1.807) is 6.92 Å². The first-order valence-corrected chi connectivity index (χ1v) is 3.03. The van der Waals surface area contributed by atoms with Gasteiger partial charge < -0.3 is 0 Å². The minimum absolute atomic E-state index is 0.590. The quantitative estimate of drug-likeness (QED) is 0.539. The average Bonchev–Trinajstić information content (AvgIpc) is 1.38. The monoisotopic (exact) mass is 120 g/mol. The predicted octanol–water partition coefficient (Wildman–Crippen LogP) is 0.262. The molecule has 0 bridgehead atoms. The van der Waals surface area contributed by atoms with Gasteiger partial charge in [0.15, 0.2) is 0 Å². The molecule has 5 heavy (non-hydrogen) atoms. The molecule has 0 fully saturated rings. The van der Waals surface area contributed by atoms with Gasteiger partial charge in [0.2, 0.25) is 0 Å². The van der Waals surface area contributed by atoms with E-state index in [9.17, 15) is 3.87 Å². The van der Waals surface area contributed by atoms with Gasteiger partial charge in [-0.05, 0) is 0 Å². The predicted molar refractivity (Wildman–Crippen MR) is 15.4 cm³/mol. The van der Waals surface area contributed by atoms with Crippen molar-refractivity contribution in [2.24, 2.45) is 4.78 Å². The van der Waals surface area contributed by atoms with Crippen LogP contribution in [0.1, 0.15) is 6.92 Å². The Labute approximate surface area is 35.5 Å². The topological polar surface area (TPSA) is 43.1 Å². The summed E-state index contributed by atoms with van der Waals surface area (Å²) in [4.78, 5) is 4.80. The molecule has 0 saturated carbocycles. The molecule has 0 saturated heterocycles. The average molecular weight is 120 g/mol. The fourth-order valence-corrected chi connectivity index (χ4v) is 0. The maximum atomic E-state index is 9.74. The van der Waals surface area contributed by atoms with E-state index in [-0.39, 0.29) is 0 Å². The first-order chi connectivity index (χ1) is 2.27. The van der Waals surface area contributed by atoms with Gasteiger partial charge in [-0.15, -0.1) is 0 Å². The van der Waals surface area contributed by atoms with Crippen LogP contribution in [0.3, 0.4) is 0 Å². The second-order valence-corrected chi connectivity index (χ2v) is 2.25. The SMILES string of the molecule is C[CH2][Co]([NH2])=[O]. The molecular weight excluding hydrogens is 113 g/mol. The molecule has 0 aliphatic heterocycles. The molecule has 0 radical (unpaired) electrons. The Hall–Kier alpha value is 0.266. The van der Waals surface area contributed by atoms with Crippen molar-refractivity contribution in [3.05, 3.63) is 0 Å². The molecule has 0 heterocycles. The zero-order valence-corrected chi connectivity index (χ0v) is 4.07. The van der Waals surface area contributed by atoms with Gasteiger partial charge >= 0.3 is 34.7 Å². The number of hydrogen-bond acceptors (Lipinski definition) is 1. The first-order valence-electron chi connectivity index (χ1n) is 1.27. The van der Waals surface area contributed by atoms with E-state index in [1.807, 2.05) is 0 Å². The summed E-state index contributed by atoms with van der Waals surface area (Å²) in [6, 6.07) is 0. The zero-order valence-electron chi connectivity index (χ0n) is 3.03. The molecule has 0 aromatic rings. The van der Waals surface area contributed by atoms with E-state index in [0.29, 0.717) is 5.36 Å². The van der Waals surface area contributed by atoms with Gasteiger partial charge in [-0.1, -0.05) is 0 Å². The Kier molecular flexibility index (Phi) is 2.63. The van der Waals surface area contributed by atoms with Crippen molar-refractivity contribution in [2.45, 2.75) is 12.3 Å². The summed E-state index contributed by atoms with van der Waals surface area (Å²) in [6.45, 7) is 1.79. The van der Waals surface area contributed by atoms with Crippen molar-refractivity contribution in [1.29, 1.82) is 0 Å². The molecule has 0 atom stereocenters. The Balaban J connectivity index is 2.85. The Morgan fingerprint density at radius 2 is 2.20 bits per heavy atom. The standard InChI is InChI=1S/C2H5.Co.H2N.O/c1-2;;;/h1H2,2H3;;1H2;/q;+1;-1;. The summed E-state index contributed by atoms with van der Waals surface area (Å²) < 4.78 is 9.74. The summed E-state index contributed by atoms with van der Waals surface area (Å²) in [5, 5.41) is 0.590. The summed E-state index contributed by atoms with van der Waals surface area (Å²) >= 11 is -1.33. The fourth-order valence-electron chi connectivity index (χ4n) is 0. The summed E-state index contributed by atoms with van der Waals surface area (Å²) in [5.41, 5.74) is 0. The third-order valence-corrected chi connectivity index (χ3v) is 0.958. The molecular formula is C2H7CoNO. The van der Waals surface area contributed by atoms with Crippen LogP contribution in [-0.2, 0) is 17.7 Å². The number of hydrogen-bond donors (Lipinski definition) is 1. The molecule has 0 aromatic carbocycles. The first kappa shape index (κ1) is 5.27. The van der Waals surface area contributed by atoms with E-state index >= 15 is 0 Å². The zero-order chi connectivity index (χ0) is 4.28. The van der Waals surface area contributed by atoms with Gasteiger partial charge in [-0.25, -0.2) is 0 Å².